The van der Waals surface area contributed by atoms with Gasteiger partial charge in [-0.3, -0.25) is 0 Å². The Bertz CT molecular complexity index is 271. The van der Waals surface area contributed by atoms with E-state index in [1.54, 1.807) is 13.0 Å². The van der Waals surface area contributed by atoms with Gasteiger partial charge in [0.25, 0.3) is 0 Å². The van der Waals surface area contributed by atoms with E-state index >= 15 is 0 Å². The molecule has 1 rings (SSSR count). The first-order valence-corrected chi connectivity index (χ1v) is 4.31. The van der Waals surface area contributed by atoms with Crippen molar-refractivity contribution in [2.45, 2.75) is 13.0 Å². The molecule has 4 heteroatoms. The number of nitrogens with two attached hydrogens (primary N) is 1. The third kappa shape index (κ3) is 2.86. The second-order valence-corrected chi connectivity index (χ2v) is 3.25. The molecule has 1 aromatic rings. The molecule has 0 aliphatic carbocycles. The zero-order valence-electron chi connectivity index (χ0n) is 7.26. The van der Waals surface area contributed by atoms with Crippen molar-refractivity contribution in [1.82, 2.24) is 0 Å². The van der Waals surface area contributed by atoms with Crippen LogP contribution in [-0.4, -0.2) is 12.6 Å². The summed E-state index contributed by atoms with van der Waals surface area (Å²) < 4.78 is 18.1. The van der Waals surface area contributed by atoms with Crippen molar-refractivity contribution in [3.05, 3.63) is 29.0 Å². The van der Waals surface area contributed by atoms with Crippen LogP contribution >= 0.6 is 11.6 Å². The van der Waals surface area contributed by atoms with Crippen LogP contribution in [0.3, 0.4) is 0 Å². The van der Waals surface area contributed by atoms with Gasteiger partial charge in [0, 0.05) is 6.04 Å². The predicted molar refractivity (Wildman–Crippen MR) is 50.6 cm³/mol. The third-order valence-electron chi connectivity index (χ3n) is 1.41. The van der Waals surface area contributed by atoms with Crippen LogP contribution in [0.15, 0.2) is 18.2 Å². The zero-order valence-corrected chi connectivity index (χ0v) is 8.01. The van der Waals surface area contributed by atoms with Crippen molar-refractivity contribution in [3.63, 3.8) is 0 Å². The fourth-order valence-corrected chi connectivity index (χ4v) is 1.05. The maximum absolute atomic E-state index is 13.1. The van der Waals surface area contributed by atoms with E-state index in [-0.39, 0.29) is 23.4 Å². The lowest BCUT2D eigenvalue weighted by atomic mass is 10.3. The monoisotopic (exact) mass is 203 g/mol. The lowest BCUT2D eigenvalue weighted by Crippen LogP contribution is -2.24. The Labute approximate surface area is 81.4 Å². The average molecular weight is 204 g/mol. The molecule has 0 aliphatic rings. The van der Waals surface area contributed by atoms with Gasteiger partial charge in [-0.2, -0.15) is 0 Å². The molecular formula is C9H11ClFNO. The third-order valence-corrected chi connectivity index (χ3v) is 1.71. The standard InChI is InChI=1S/C9H11ClFNO/c1-6(12)5-13-9-7(10)3-2-4-8(9)11/h2-4,6H,5,12H2,1H3. The zero-order chi connectivity index (χ0) is 9.84. The summed E-state index contributed by atoms with van der Waals surface area (Å²) in [5.41, 5.74) is 5.45. The van der Waals surface area contributed by atoms with Crippen LogP contribution < -0.4 is 10.5 Å². The Morgan fingerprint density at radius 2 is 2.31 bits per heavy atom. The normalized spacial score (nSPS) is 12.6. The van der Waals surface area contributed by atoms with Crippen LogP contribution in [0.25, 0.3) is 0 Å². The summed E-state index contributed by atoms with van der Waals surface area (Å²) in [6.45, 7) is 2.02. The minimum Gasteiger partial charge on any atom is -0.487 e. The van der Waals surface area contributed by atoms with Gasteiger partial charge in [0.1, 0.15) is 6.61 Å². The summed E-state index contributed by atoms with van der Waals surface area (Å²) in [6.07, 6.45) is 0. The van der Waals surface area contributed by atoms with Crippen molar-refractivity contribution in [3.8, 4) is 5.75 Å². The Balaban J connectivity index is 2.75. The average Bonchev–Trinajstić information content (AvgIpc) is 2.03. The molecule has 0 fully saturated rings. The van der Waals surface area contributed by atoms with Gasteiger partial charge in [-0.15, -0.1) is 0 Å². The van der Waals surface area contributed by atoms with Gasteiger partial charge < -0.3 is 10.5 Å². The maximum atomic E-state index is 13.1. The number of hydrogen-bond acceptors (Lipinski definition) is 2. The largest absolute Gasteiger partial charge is 0.487 e. The topological polar surface area (TPSA) is 35.2 Å². The van der Waals surface area contributed by atoms with E-state index in [1.165, 1.54) is 12.1 Å². The second kappa shape index (κ2) is 4.44. The molecule has 72 valence electrons. The van der Waals surface area contributed by atoms with Gasteiger partial charge in [-0.25, -0.2) is 4.39 Å². The Morgan fingerprint density at radius 3 is 2.85 bits per heavy atom. The van der Waals surface area contributed by atoms with E-state index in [2.05, 4.69) is 0 Å². The summed E-state index contributed by atoms with van der Waals surface area (Å²) in [5.74, 6) is -0.394. The number of rotatable bonds is 3. The smallest absolute Gasteiger partial charge is 0.173 e. The SMILES string of the molecule is CC(N)COc1c(F)cccc1Cl. The highest BCUT2D eigenvalue weighted by Crippen LogP contribution is 2.26. The van der Waals surface area contributed by atoms with E-state index in [0.29, 0.717) is 0 Å². The van der Waals surface area contributed by atoms with Crippen LogP contribution in [0.5, 0.6) is 5.75 Å². The number of benzene rings is 1. The minimum atomic E-state index is -0.465. The molecule has 2 N–H and O–H groups in total. The van der Waals surface area contributed by atoms with Crippen molar-refractivity contribution < 1.29 is 9.13 Å². The number of ether oxygens (including phenoxy) is 1. The molecule has 1 unspecified atom stereocenters. The molecule has 0 saturated heterocycles. The van der Waals surface area contributed by atoms with E-state index in [0.717, 1.165) is 0 Å². The summed E-state index contributed by atoms with van der Waals surface area (Å²) in [5, 5.41) is 0.264. The number of halogens is 2. The fraction of sp³-hybridized carbons (Fsp3) is 0.333. The number of hydrogen-bond donors (Lipinski definition) is 1. The maximum Gasteiger partial charge on any atom is 0.173 e. The van der Waals surface area contributed by atoms with Gasteiger partial charge in [-0.1, -0.05) is 17.7 Å². The van der Waals surface area contributed by atoms with Crippen molar-refractivity contribution >= 4 is 11.6 Å². The predicted octanol–water partition coefficient (Wildman–Crippen LogP) is 2.21. The van der Waals surface area contributed by atoms with Gasteiger partial charge in [0.2, 0.25) is 0 Å². The molecule has 2 nitrogen and oxygen atoms in total. The molecule has 1 atom stereocenters. The van der Waals surface area contributed by atoms with Crippen LogP contribution in [-0.2, 0) is 0 Å². The first-order valence-electron chi connectivity index (χ1n) is 3.93. The van der Waals surface area contributed by atoms with Gasteiger partial charge in [0.15, 0.2) is 11.6 Å². The molecule has 0 heterocycles. The fourth-order valence-electron chi connectivity index (χ4n) is 0.835. The van der Waals surface area contributed by atoms with Crippen LogP contribution in [0, 0.1) is 5.82 Å². The minimum absolute atomic E-state index is 0.0708. The quantitative estimate of drug-likeness (QED) is 0.818. The summed E-state index contributed by atoms with van der Waals surface area (Å²) >= 11 is 5.71. The van der Waals surface area contributed by atoms with E-state index in [1.807, 2.05) is 0 Å². The van der Waals surface area contributed by atoms with Crippen molar-refractivity contribution in [2.75, 3.05) is 6.61 Å². The summed E-state index contributed by atoms with van der Waals surface area (Å²) in [6, 6.07) is 4.25. The molecule has 0 amide bonds. The van der Waals surface area contributed by atoms with Gasteiger partial charge >= 0.3 is 0 Å². The first-order chi connectivity index (χ1) is 6.11. The first kappa shape index (κ1) is 10.3. The molecule has 0 bridgehead atoms. The Hall–Kier alpha value is -0.800. The summed E-state index contributed by atoms with van der Waals surface area (Å²) in [4.78, 5) is 0. The lowest BCUT2D eigenvalue weighted by molar-refractivity contribution is 0.282. The highest BCUT2D eigenvalue weighted by molar-refractivity contribution is 6.32. The van der Waals surface area contributed by atoms with E-state index in [4.69, 9.17) is 22.1 Å². The van der Waals surface area contributed by atoms with Crippen LogP contribution in [0.2, 0.25) is 5.02 Å². The summed E-state index contributed by atoms with van der Waals surface area (Å²) in [7, 11) is 0. The molecule has 1 aromatic carbocycles. The van der Waals surface area contributed by atoms with Crippen LogP contribution in [0.4, 0.5) is 4.39 Å². The van der Waals surface area contributed by atoms with Crippen molar-refractivity contribution in [1.29, 1.82) is 0 Å². The number of para-hydroxylation sites is 1. The molecule has 0 aliphatic heterocycles. The van der Waals surface area contributed by atoms with Crippen LogP contribution in [0.1, 0.15) is 6.92 Å². The highest BCUT2D eigenvalue weighted by Gasteiger charge is 2.08. The van der Waals surface area contributed by atoms with E-state index in [9.17, 15) is 4.39 Å². The molecule has 0 spiro atoms. The molecular weight excluding hydrogens is 193 g/mol. The lowest BCUT2D eigenvalue weighted by Gasteiger charge is -2.10. The van der Waals surface area contributed by atoms with Gasteiger partial charge in [0.05, 0.1) is 5.02 Å². The molecule has 13 heavy (non-hydrogen) atoms. The van der Waals surface area contributed by atoms with Gasteiger partial charge in [-0.05, 0) is 19.1 Å². The Kier molecular flexibility index (Phi) is 3.51. The second-order valence-electron chi connectivity index (χ2n) is 2.84. The molecule has 0 saturated carbocycles. The highest BCUT2D eigenvalue weighted by atomic mass is 35.5. The molecule has 0 radical (unpaired) electrons. The Morgan fingerprint density at radius 1 is 1.62 bits per heavy atom. The molecule has 0 aromatic heterocycles. The van der Waals surface area contributed by atoms with Crippen molar-refractivity contribution in [2.24, 2.45) is 5.73 Å². The van der Waals surface area contributed by atoms with E-state index < -0.39 is 5.82 Å².